The molecule has 0 aliphatic carbocycles. The molecule has 0 radical (unpaired) electrons. The van der Waals surface area contributed by atoms with E-state index in [1.165, 1.54) is 32.6 Å². The molecule has 0 spiro atoms. The van der Waals surface area contributed by atoms with Gasteiger partial charge < -0.3 is 13.9 Å². The van der Waals surface area contributed by atoms with Gasteiger partial charge in [-0.15, -0.1) is 0 Å². The van der Waals surface area contributed by atoms with Crippen LogP contribution in [-0.4, -0.2) is 4.57 Å². The second-order valence-electron chi connectivity index (χ2n) is 12.6. The minimum atomic E-state index is 0.890. The number of fused-ring (bicyclic) bond motifs is 7. The zero-order valence-electron chi connectivity index (χ0n) is 26.6. The molecule has 0 amide bonds. The Kier molecular flexibility index (Phi) is 6.18. The van der Waals surface area contributed by atoms with Gasteiger partial charge >= 0.3 is 0 Å². The highest BCUT2D eigenvalue weighted by Gasteiger charge is 2.19. The van der Waals surface area contributed by atoms with Gasteiger partial charge in [-0.2, -0.15) is 0 Å². The van der Waals surface area contributed by atoms with Crippen LogP contribution in [0.3, 0.4) is 0 Å². The van der Waals surface area contributed by atoms with Crippen molar-refractivity contribution in [3.05, 3.63) is 182 Å². The van der Waals surface area contributed by atoms with Gasteiger partial charge in [-0.1, -0.05) is 115 Å². The first-order valence-electron chi connectivity index (χ1n) is 16.7. The summed E-state index contributed by atoms with van der Waals surface area (Å²) in [6.07, 6.45) is 0. The van der Waals surface area contributed by atoms with Crippen molar-refractivity contribution in [1.29, 1.82) is 0 Å². The summed E-state index contributed by atoms with van der Waals surface area (Å²) in [5.41, 5.74) is 10.7. The van der Waals surface area contributed by atoms with Crippen LogP contribution < -0.4 is 4.90 Å². The van der Waals surface area contributed by atoms with E-state index in [0.717, 1.165) is 55.8 Å². The zero-order valence-corrected chi connectivity index (χ0v) is 26.6. The quantitative estimate of drug-likeness (QED) is 0.190. The molecular weight excluding hydrogens is 597 g/mol. The van der Waals surface area contributed by atoms with Crippen LogP contribution >= 0.6 is 0 Å². The molecule has 2 heterocycles. The van der Waals surface area contributed by atoms with Crippen LogP contribution in [0, 0.1) is 0 Å². The molecule has 0 N–H and O–H groups in total. The molecule has 3 heteroatoms. The second kappa shape index (κ2) is 11.0. The lowest BCUT2D eigenvalue weighted by atomic mass is 10.00. The molecule has 49 heavy (non-hydrogen) atoms. The smallest absolute Gasteiger partial charge is 0.143 e. The van der Waals surface area contributed by atoms with E-state index in [1.54, 1.807) is 0 Å². The summed E-state index contributed by atoms with van der Waals surface area (Å²) >= 11 is 0. The first-order chi connectivity index (χ1) is 24.3. The summed E-state index contributed by atoms with van der Waals surface area (Å²) in [5, 5.41) is 7.16. The predicted octanol–water partition coefficient (Wildman–Crippen LogP) is 13.0. The lowest BCUT2D eigenvalue weighted by Crippen LogP contribution is -2.09. The van der Waals surface area contributed by atoms with E-state index in [1.807, 2.05) is 6.07 Å². The number of rotatable bonds is 5. The van der Waals surface area contributed by atoms with Gasteiger partial charge in [-0.25, -0.2) is 0 Å². The van der Waals surface area contributed by atoms with Crippen molar-refractivity contribution in [1.82, 2.24) is 4.57 Å². The Morgan fingerprint density at radius 3 is 1.76 bits per heavy atom. The third kappa shape index (κ3) is 4.44. The van der Waals surface area contributed by atoms with E-state index in [0.29, 0.717) is 0 Å². The van der Waals surface area contributed by atoms with Crippen LogP contribution in [0.15, 0.2) is 186 Å². The summed E-state index contributed by atoms with van der Waals surface area (Å²) in [7, 11) is 0. The summed E-state index contributed by atoms with van der Waals surface area (Å²) in [6, 6.07) is 64.9. The standard InChI is InChI=1S/C46H30N2O/c1-2-14-34(15-3-1)47(36-27-22-31-12-4-5-13-33(31)28-36)35-25-23-32(24-26-35)41-29-37(30-42-40-18-8-11-21-45(40)49-46(41)42)48-43-19-9-6-16-38(43)39-17-7-10-20-44(39)48/h1-30H. The van der Waals surface area contributed by atoms with Crippen LogP contribution in [0.1, 0.15) is 0 Å². The first kappa shape index (κ1) is 27.5. The third-order valence-electron chi connectivity index (χ3n) is 9.74. The number of aromatic nitrogens is 1. The maximum Gasteiger partial charge on any atom is 0.143 e. The first-order valence-corrected chi connectivity index (χ1v) is 16.7. The van der Waals surface area contributed by atoms with Crippen molar-refractivity contribution < 1.29 is 4.42 Å². The van der Waals surface area contributed by atoms with Gasteiger partial charge in [0.25, 0.3) is 0 Å². The largest absolute Gasteiger partial charge is 0.455 e. The lowest BCUT2D eigenvalue weighted by molar-refractivity contribution is 0.670. The normalized spacial score (nSPS) is 11.7. The van der Waals surface area contributed by atoms with Crippen molar-refractivity contribution in [2.45, 2.75) is 0 Å². The molecule has 0 fully saturated rings. The Morgan fingerprint density at radius 2 is 1.00 bits per heavy atom. The topological polar surface area (TPSA) is 21.3 Å². The molecule has 230 valence electrons. The Hall–Kier alpha value is -6.58. The molecule has 0 atom stereocenters. The molecule has 0 aliphatic rings. The number of furan rings is 1. The van der Waals surface area contributed by atoms with Crippen LogP contribution in [0.2, 0.25) is 0 Å². The van der Waals surface area contributed by atoms with Crippen LogP contribution in [0.5, 0.6) is 0 Å². The van der Waals surface area contributed by atoms with Crippen LogP contribution in [-0.2, 0) is 0 Å². The fourth-order valence-electron chi connectivity index (χ4n) is 7.49. The summed E-state index contributed by atoms with van der Waals surface area (Å²) in [6.45, 7) is 0. The lowest BCUT2D eigenvalue weighted by Gasteiger charge is -2.26. The van der Waals surface area contributed by atoms with Gasteiger partial charge in [0, 0.05) is 49.9 Å². The molecule has 10 rings (SSSR count). The van der Waals surface area contributed by atoms with E-state index < -0.39 is 0 Å². The molecule has 2 aromatic heterocycles. The van der Waals surface area contributed by atoms with Gasteiger partial charge in [0.15, 0.2) is 0 Å². The summed E-state index contributed by atoms with van der Waals surface area (Å²) in [5.74, 6) is 0. The predicted molar refractivity (Wildman–Crippen MR) is 206 cm³/mol. The number of hydrogen-bond donors (Lipinski definition) is 0. The molecule has 0 bridgehead atoms. The highest BCUT2D eigenvalue weighted by Crippen LogP contribution is 2.42. The van der Waals surface area contributed by atoms with E-state index >= 15 is 0 Å². The number of hydrogen-bond acceptors (Lipinski definition) is 2. The average Bonchev–Trinajstić information content (AvgIpc) is 3.71. The van der Waals surface area contributed by atoms with E-state index in [4.69, 9.17) is 4.42 Å². The summed E-state index contributed by atoms with van der Waals surface area (Å²) in [4.78, 5) is 2.32. The zero-order chi connectivity index (χ0) is 32.3. The number of benzene rings is 8. The molecule has 3 nitrogen and oxygen atoms in total. The van der Waals surface area contributed by atoms with Crippen molar-refractivity contribution in [3.8, 4) is 16.8 Å². The number of nitrogens with zero attached hydrogens (tertiary/aromatic N) is 2. The maximum absolute atomic E-state index is 6.62. The van der Waals surface area contributed by atoms with Gasteiger partial charge in [0.2, 0.25) is 0 Å². The van der Waals surface area contributed by atoms with Crippen LogP contribution in [0.4, 0.5) is 17.1 Å². The average molecular weight is 627 g/mol. The van der Waals surface area contributed by atoms with Gasteiger partial charge in [0.05, 0.1) is 11.0 Å². The molecule has 0 unspecified atom stereocenters. The number of para-hydroxylation sites is 4. The molecule has 0 saturated heterocycles. The van der Waals surface area contributed by atoms with Crippen molar-refractivity contribution >= 4 is 71.6 Å². The second-order valence-corrected chi connectivity index (χ2v) is 12.6. The highest BCUT2D eigenvalue weighted by molar-refractivity contribution is 6.13. The van der Waals surface area contributed by atoms with Crippen molar-refractivity contribution in [2.24, 2.45) is 0 Å². The van der Waals surface area contributed by atoms with E-state index in [2.05, 4.69) is 185 Å². The minimum Gasteiger partial charge on any atom is -0.455 e. The Labute approximate surface area is 283 Å². The third-order valence-corrected chi connectivity index (χ3v) is 9.74. The van der Waals surface area contributed by atoms with E-state index in [-0.39, 0.29) is 0 Å². The minimum absolute atomic E-state index is 0.890. The molecular formula is C46H30N2O. The monoisotopic (exact) mass is 626 g/mol. The Balaban J connectivity index is 1.17. The fourth-order valence-corrected chi connectivity index (χ4v) is 7.49. The summed E-state index contributed by atoms with van der Waals surface area (Å²) < 4.78 is 9.01. The van der Waals surface area contributed by atoms with Gasteiger partial charge in [-0.3, -0.25) is 0 Å². The molecule has 0 aliphatic heterocycles. The maximum atomic E-state index is 6.62. The van der Waals surface area contributed by atoms with Crippen molar-refractivity contribution in [3.63, 3.8) is 0 Å². The van der Waals surface area contributed by atoms with E-state index in [9.17, 15) is 0 Å². The molecule has 10 aromatic rings. The molecule has 8 aromatic carbocycles. The fraction of sp³-hybridized carbons (Fsp3) is 0. The number of anilines is 3. The Bertz CT molecular complexity index is 2770. The van der Waals surface area contributed by atoms with Gasteiger partial charge in [0.1, 0.15) is 11.2 Å². The van der Waals surface area contributed by atoms with Crippen LogP contribution in [0.25, 0.3) is 71.3 Å². The SMILES string of the molecule is c1ccc(N(c2ccc(-c3cc(-n4c5ccccc5c5ccccc54)cc4c3oc3ccccc34)cc2)c2ccc3ccccc3c2)cc1. The van der Waals surface area contributed by atoms with Crippen molar-refractivity contribution in [2.75, 3.05) is 4.90 Å². The Morgan fingerprint density at radius 1 is 0.408 bits per heavy atom. The molecule has 0 saturated carbocycles. The van der Waals surface area contributed by atoms with Gasteiger partial charge in [-0.05, 0) is 83.1 Å². The highest BCUT2D eigenvalue weighted by atomic mass is 16.3.